The quantitative estimate of drug-likeness (QED) is 0.402. The van der Waals surface area contributed by atoms with Crippen molar-refractivity contribution in [1.82, 2.24) is 19.5 Å². The molecule has 0 aliphatic carbocycles. The molecule has 1 aromatic carbocycles. The number of carbonyl (C=O) groups excluding carboxylic acids is 1. The highest BCUT2D eigenvalue weighted by Gasteiger charge is 2.64. The first-order chi connectivity index (χ1) is 14.8. The summed E-state index contributed by atoms with van der Waals surface area (Å²) in [4.78, 5) is 25.3. The molecule has 2 aliphatic heterocycles. The molecule has 3 aromatic rings. The number of carbonyl (C=O) groups is 1. The van der Waals surface area contributed by atoms with Gasteiger partial charge in [-0.05, 0) is 26.0 Å². The largest absolute Gasteiger partial charge is 0.340 e. The fourth-order valence-corrected chi connectivity index (χ4v) is 4.50. The topological polar surface area (TPSA) is 100 Å². The van der Waals surface area contributed by atoms with Gasteiger partial charge in [0.2, 0.25) is 5.85 Å². The van der Waals surface area contributed by atoms with Gasteiger partial charge in [0.25, 0.3) is 5.91 Å². The van der Waals surface area contributed by atoms with Crippen LogP contribution in [0.15, 0.2) is 43.0 Å². The SMILES string of the molecule is CC1(C)O[C@H]2[C@H](n3cnc4c(NC(=O)c5ccccc5)ncnc43)O[C@](F)(CI)[C@H]2O1. The highest BCUT2D eigenvalue weighted by molar-refractivity contribution is 14.1. The number of benzene rings is 1. The van der Waals surface area contributed by atoms with Gasteiger partial charge in [0.1, 0.15) is 12.4 Å². The lowest BCUT2D eigenvalue weighted by Gasteiger charge is -2.27. The van der Waals surface area contributed by atoms with Crippen LogP contribution in [0.1, 0.15) is 30.4 Å². The van der Waals surface area contributed by atoms with Crippen molar-refractivity contribution in [2.45, 2.75) is 43.9 Å². The lowest BCUT2D eigenvalue weighted by molar-refractivity contribution is -0.245. The summed E-state index contributed by atoms with van der Waals surface area (Å²) in [5.41, 5.74) is 1.22. The Kier molecular flexibility index (Phi) is 4.95. The number of hydrogen-bond acceptors (Lipinski definition) is 7. The smallest absolute Gasteiger partial charge is 0.256 e. The fourth-order valence-electron chi connectivity index (χ4n) is 3.89. The zero-order valence-corrected chi connectivity index (χ0v) is 18.8. The number of anilines is 1. The molecule has 2 aliphatic rings. The van der Waals surface area contributed by atoms with Gasteiger partial charge in [0.15, 0.2) is 35.1 Å². The number of aromatic nitrogens is 4. The van der Waals surface area contributed by atoms with Crippen molar-refractivity contribution in [2.24, 2.45) is 0 Å². The summed E-state index contributed by atoms with van der Waals surface area (Å²) in [7, 11) is 0. The Hall–Kier alpha value is -2.22. The van der Waals surface area contributed by atoms with E-state index in [-0.39, 0.29) is 16.2 Å². The summed E-state index contributed by atoms with van der Waals surface area (Å²) in [5.74, 6) is -3.04. The van der Waals surface area contributed by atoms with E-state index in [0.29, 0.717) is 16.7 Å². The summed E-state index contributed by atoms with van der Waals surface area (Å²) in [6.45, 7) is 3.47. The Morgan fingerprint density at radius 3 is 2.71 bits per heavy atom. The van der Waals surface area contributed by atoms with Crippen LogP contribution in [0.3, 0.4) is 0 Å². The summed E-state index contributed by atoms with van der Waals surface area (Å²) in [6, 6.07) is 8.77. The van der Waals surface area contributed by atoms with Crippen molar-refractivity contribution in [3.05, 3.63) is 48.5 Å². The molecule has 162 valence electrons. The second-order valence-electron chi connectivity index (χ2n) is 7.82. The van der Waals surface area contributed by atoms with E-state index >= 15 is 4.39 Å². The number of fused-ring (bicyclic) bond motifs is 2. The number of imidazole rings is 1. The molecule has 11 heteroatoms. The molecule has 1 amide bonds. The van der Waals surface area contributed by atoms with E-state index in [9.17, 15) is 4.79 Å². The lowest BCUT2D eigenvalue weighted by atomic mass is 10.1. The number of halogens is 2. The van der Waals surface area contributed by atoms with Crippen LogP contribution < -0.4 is 5.32 Å². The predicted octanol–water partition coefficient (Wildman–Crippen LogP) is 3.23. The first kappa shape index (κ1) is 20.7. The molecular weight excluding hydrogens is 520 g/mol. The molecule has 31 heavy (non-hydrogen) atoms. The average molecular weight is 539 g/mol. The van der Waals surface area contributed by atoms with Crippen LogP contribution in [0.4, 0.5) is 10.2 Å². The molecule has 2 saturated heterocycles. The molecule has 0 bridgehead atoms. The summed E-state index contributed by atoms with van der Waals surface area (Å²) in [5, 5.41) is 2.75. The van der Waals surface area contributed by atoms with Crippen LogP contribution in [0.2, 0.25) is 0 Å². The van der Waals surface area contributed by atoms with E-state index in [1.54, 1.807) is 42.7 Å². The normalized spacial score (nSPS) is 29.2. The number of amides is 1. The molecule has 9 nitrogen and oxygen atoms in total. The van der Waals surface area contributed by atoms with Crippen LogP contribution >= 0.6 is 22.6 Å². The highest BCUT2D eigenvalue weighted by Crippen LogP contribution is 2.50. The van der Waals surface area contributed by atoms with Crippen LogP contribution in [0, 0.1) is 0 Å². The van der Waals surface area contributed by atoms with Crippen LogP contribution in [0.25, 0.3) is 11.2 Å². The number of nitrogens with one attached hydrogen (secondary N) is 1. The van der Waals surface area contributed by atoms with Gasteiger partial charge in [0, 0.05) is 5.56 Å². The van der Waals surface area contributed by atoms with Crippen LogP contribution in [-0.4, -0.2) is 53.7 Å². The van der Waals surface area contributed by atoms with Crippen molar-refractivity contribution >= 4 is 45.5 Å². The predicted molar refractivity (Wildman–Crippen MR) is 116 cm³/mol. The van der Waals surface area contributed by atoms with Gasteiger partial charge in [0.05, 0.1) is 10.8 Å². The third-order valence-corrected chi connectivity index (χ3v) is 6.27. The average Bonchev–Trinajstić information content (AvgIpc) is 3.40. The van der Waals surface area contributed by atoms with E-state index in [1.807, 2.05) is 28.7 Å². The van der Waals surface area contributed by atoms with E-state index in [1.165, 1.54) is 12.7 Å². The summed E-state index contributed by atoms with van der Waals surface area (Å²) >= 11 is 1.93. The minimum Gasteiger partial charge on any atom is -0.340 e. The zero-order chi connectivity index (χ0) is 21.8. The Balaban J connectivity index is 1.50. The number of nitrogens with zero attached hydrogens (tertiary/aromatic N) is 4. The Morgan fingerprint density at radius 1 is 1.19 bits per heavy atom. The second kappa shape index (κ2) is 7.43. The Morgan fingerprint density at radius 2 is 1.97 bits per heavy atom. The van der Waals surface area contributed by atoms with Crippen molar-refractivity contribution in [3.8, 4) is 0 Å². The van der Waals surface area contributed by atoms with E-state index < -0.39 is 30.1 Å². The standard InChI is InChI=1S/C20H19FIN5O4/c1-19(2)29-13-14(30-19)20(21,8-22)31-18(13)27-10-25-12-15(23-9-24-16(12)27)26-17(28)11-6-4-3-5-7-11/h3-7,9-10,13-14,18H,8H2,1-2H3,(H,23,24,26,28)/t13-,14+,18-,20-/m1/s1. The summed E-state index contributed by atoms with van der Waals surface area (Å²) in [6.07, 6.45) is 0.367. The van der Waals surface area contributed by atoms with Crippen LogP contribution in [-0.2, 0) is 14.2 Å². The van der Waals surface area contributed by atoms with Gasteiger partial charge in [-0.3, -0.25) is 9.36 Å². The van der Waals surface area contributed by atoms with Gasteiger partial charge in [-0.1, -0.05) is 40.8 Å². The molecule has 0 spiro atoms. The maximum atomic E-state index is 15.5. The second-order valence-corrected chi connectivity index (χ2v) is 8.58. The minimum absolute atomic E-state index is 0.0713. The van der Waals surface area contributed by atoms with Crippen molar-refractivity contribution < 1.29 is 23.4 Å². The highest BCUT2D eigenvalue weighted by atomic mass is 127. The Labute approximate surface area is 190 Å². The van der Waals surface area contributed by atoms with E-state index in [0.717, 1.165) is 0 Å². The van der Waals surface area contributed by atoms with Crippen molar-refractivity contribution in [2.75, 3.05) is 9.74 Å². The molecule has 0 saturated carbocycles. The number of alkyl halides is 2. The van der Waals surface area contributed by atoms with Crippen molar-refractivity contribution in [3.63, 3.8) is 0 Å². The first-order valence-corrected chi connectivity index (χ1v) is 11.2. The van der Waals surface area contributed by atoms with Gasteiger partial charge in [-0.2, -0.15) is 0 Å². The van der Waals surface area contributed by atoms with Gasteiger partial charge in [-0.25, -0.2) is 19.3 Å². The molecule has 2 fully saturated rings. The maximum Gasteiger partial charge on any atom is 0.256 e. The molecule has 4 atom stereocenters. The molecule has 2 aromatic heterocycles. The third-order valence-electron chi connectivity index (χ3n) is 5.23. The number of rotatable bonds is 4. The Bertz CT molecular complexity index is 1140. The number of ether oxygens (including phenoxy) is 3. The van der Waals surface area contributed by atoms with Crippen molar-refractivity contribution in [1.29, 1.82) is 0 Å². The fraction of sp³-hybridized carbons (Fsp3) is 0.400. The monoisotopic (exact) mass is 539 g/mol. The first-order valence-electron chi connectivity index (χ1n) is 9.63. The minimum atomic E-state index is -2.02. The molecule has 1 N–H and O–H groups in total. The van der Waals surface area contributed by atoms with Gasteiger partial charge in [-0.15, -0.1) is 0 Å². The molecule has 0 radical (unpaired) electrons. The van der Waals surface area contributed by atoms with Gasteiger partial charge < -0.3 is 19.5 Å². The molecular formula is C20H19FIN5O4. The summed E-state index contributed by atoms with van der Waals surface area (Å²) < 4.78 is 34.6. The third kappa shape index (κ3) is 3.49. The number of hydrogen-bond donors (Lipinski definition) is 1. The molecule has 5 rings (SSSR count). The van der Waals surface area contributed by atoms with E-state index in [4.69, 9.17) is 14.2 Å². The lowest BCUT2D eigenvalue weighted by Crippen LogP contribution is -2.40. The molecule has 0 unspecified atom stereocenters. The zero-order valence-electron chi connectivity index (χ0n) is 16.7. The maximum absolute atomic E-state index is 15.5. The van der Waals surface area contributed by atoms with Crippen LogP contribution in [0.5, 0.6) is 0 Å². The molecule has 4 heterocycles. The van der Waals surface area contributed by atoms with Gasteiger partial charge >= 0.3 is 0 Å². The van der Waals surface area contributed by atoms with E-state index in [2.05, 4.69) is 20.3 Å².